The number of aliphatic imine (C=N–C) groups is 1. The predicted octanol–water partition coefficient (Wildman–Crippen LogP) is 5.28. The molecular weight excluding hydrogens is 611 g/mol. The van der Waals surface area contributed by atoms with Gasteiger partial charge in [-0.3, -0.25) is 0 Å². The van der Waals surface area contributed by atoms with Gasteiger partial charge >= 0.3 is 119 Å². The Kier molecular flexibility index (Phi) is 16.8. The molecule has 0 aromatic heterocycles. The largest absolute Gasteiger partial charge is 0 e. The third kappa shape index (κ3) is 11.0. The molecule has 0 unspecified atom stereocenters. The molecule has 0 saturated carbocycles. The molecular formula is C16H26AuNOS2Te. The summed E-state index contributed by atoms with van der Waals surface area (Å²) in [4.78, 5) is 15.8. The summed E-state index contributed by atoms with van der Waals surface area (Å²) < 4.78 is 2.74. The average Bonchev–Trinajstić information content (AvgIpc) is 2.85. The van der Waals surface area contributed by atoms with Crippen molar-refractivity contribution in [2.24, 2.45) is 4.99 Å². The quantitative estimate of drug-likeness (QED) is 0.176. The zero-order valence-electron chi connectivity index (χ0n) is 13.2. The summed E-state index contributed by atoms with van der Waals surface area (Å²) in [6, 6.07) is 0. The van der Waals surface area contributed by atoms with Crippen molar-refractivity contribution < 1.29 is 27.2 Å². The van der Waals surface area contributed by atoms with E-state index < -0.39 is 0 Å². The number of unbranched alkanes of at least 4 members (excludes halogenated alkanes) is 9. The van der Waals surface area contributed by atoms with Crippen molar-refractivity contribution >= 4 is 55.3 Å². The van der Waals surface area contributed by atoms with E-state index >= 15 is 0 Å². The predicted molar refractivity (Wildman–Crippen MR) is 98.2 cm³/mol. The van der Waals surface area contributed by atoms with Crippen molar-refractivity contribution in [1.82, 2.24) is 0 Å². The first-order valence-electron chi connectivity index (χ1n) is 8.03. The van der Waals surface area contributed by atoms with Crippen molar-refractivity contribution in [2.75, 3.05) is 5.75 Å². The Bertz CT molecular complexity index is 375. The van der Waals surface area contributed by atoms with Crippen molar-refractivity contribution in [2.45, 2.75) is 71.1 Å². The van der Waals surface area contributed by atoms with Crippen LogP contribution in [-0.2, 0) is 27.2 Å². The Hall–Kier alpha value is 1.31. The van der Waals surface area contributed by atoms with Crippen LogP contribution in [0.25, 0.3) is 0 Å². The van der Waals surface area contributed by atoms with Crippen LogP contribution in [0.2, 0.25) is 0 Å². The van der Waals surface area contributed by atoms with E-state index in [0.29, 0.717) is 5.70 Å². The molecule has 2 radical (unpaired) electrons. The van der Waals surface area contributed by atoms with Gasteiger partial charge in [-0.2, -0.15) is 0 Å². The van der Waals surface area contributed by atoms with Crippen molar-refractivity contribution in [3.8, 4) is 0 Å². The fraction of sp³-hybridized carbons (Fsp3) is 0.750. The van der Waals surface area contributed by atoms with Crippen molar-refractivity contribution in [3.63, 3.8) is 0 Å². The Balaban J connectivity index is 0.00000441. The Morgan fingerprint density at radius 3 is 2.09 bits per heavy atom. The molecule has 1 aliphatic heterocycles. The van der Waals surface area contributed by atoms with Crippen LogP contribution in [0.1, 0.15) is 71.1 Å². The van der Waals surface area contributed by atoms with Crippen LogP contribution in [-0.4, -0.2) is 37.5 Å². The number of carbonyl (C=O) groups is 1. The van der Waals surface area contributed by atoms with Gasteiger partial charge in [0.25, 0.3) is 0 Å². The van der Waals surface area contributed by atoms with Gasteiger partial charge in [0.15, 0.2) is 0 Å². The van der Waals surface area contributed by atoms with Gasteiger partial charge in [0.1, 0.15) is 0 Å². The molecule has 1 rings (SSSR count). The number of thioether (sulfide) groups is 2. The monoisotopic (exact) mass is 639 g/mol. The van der Waals surface area contributed by atoms with E-state index in [2.05, 4.69) is 11.9 Å². The van der Waals surface area contributed by atoms with Gasteiger partial charge in [-0.15, -0.1) is 0 Å². The van der Waals surface area contributed by atoms with Crippen LogP contribution >= 0.6 is 23.5 Å². The second-order valence-corrected chi connectivity index (χ2v) is 8.28. The fourth-order valence-corrected chi connectivity index (χ4v) is 4.78. The SMILES string of the molecule is CCCCCCCCCCCCSC1=N/C(=C/[Te])C(=O)S1.[Au]. The Labute approximate surface area is 172 Å². The third-order valence-electron chi connectivity index (χ3n) is 3.44. The molecule has 0 fully saturated rings. The van der Waals surface area contributed by atoms with Gasteiger partial charge in [-0.05, 0) is 0 Å². The molecule has 0 saturated heterocycles. The fourth-order valence-electron chi connectivity index (χ4n) is 2.18. The molecule has 6 heteroatoms. The van der Waals surface area contributed by atoms with E-state index in [4.69, 9.17) is 0 Å². The number of nitrogens with zero attached hydrogens (tertiary/aromatic N) is 1. The number of rotatable bonds is 11. The first kappa shape index (κ1) is 23.3. The van der Waals surface area contributed by atoms with E-state index in [0.717, 1.165) is 10.1 Å². The van der Waals surface area contributed by atoms with E-state index in [1.807, 2.05) is 0 Å². The van der Waals surface area contributed by atoms with E-state index in [-0.39, 0.29) is 27.5 Å². The molecule has 1 heterocycles. The molecule has 22 heavy (non-hydrogen) atoms. The zero-order valence-corrected chi connectivity index (χ0v) is 19.4. The minimum Gasteiger partial charge on any atom is 0 e. The summed E-state index contributed by atoms with van der Waals surface area (Å²) in [7, 11) is 0. The van der Waals surface area contributed by atoms with Gasteiger partial charge < -0.3 is 0 Å². The Morgan fingerprint density at radius 2 is 1.59 bits per heavy atom. The van der Waals surface area contributed by atoms with Gasteiger partial charge in [0.05, 0.1) is 0 Å². The molecule has 130 valence electrons. The average molecular weight is 637 g/mol. The van der Waals surface area contributed by atoms with E-state index in [9.17, 15) is 4.79 Å². The Morgan fingerprint density at radius 1 is 1.05 bits per heavy atom. The van der Waals surface area contributed by atoms with Gasteiger partial charge in [-0.1, -0.05) is 32.6 Å². The topological polar surface area (TPSA) is 29.4 Å². The molecule has 2 nitrogen and oxygen atoms in total. The number of carbonyl (C=O) groups excluding carboxylic acids is 1. The molecule has 0 N–H and O–H groups in total. The molecule has 0 atom stereocenters. The maximum atomic E-state index is 11.5. The second kappa shape index (κ2) is 15.8. The molecule has 0 bridgehead atoms. The van der Waals surface area contributed by atoms with Crippen LogP contribution in [0, 0.1) is 0 Å². The standard InChI is InChI=1S/C16H26NOS2Te.Au/c1-2-3-4-5-6-7-8-9-10-11-12-19-16-17-14(13-21)15(18)20-16;/h13H,2-12H2,1H3;/b14-13+;. The maximum absolute atomic E-state index is 11.5. The summed E-state index contributed by atoms with van der Waals surface area (Å²) in [5.74, 6) is 1.09. The smallest absolute Gasteiger partial charge is 0 e. The van der Waals surface area contributed by atoms with Gasteiger partial charge in [0.2, 0.25) is 0 Å². The summed E-state index contributed by atoms with van der Waals surface area (Å²) in [6.45, 7) is 2.27. The summed E-state index contributed by atoms with van der Waals surface area (Å²) in [5, 5.41) is 0.103. The first-order valence-corrected chi connectivity index (χ1v) is 11.2. The van der Waals surface area contributed by atoms with Crippen LogP contribution in [0.4, 0.5) is 0 Å². The normalized spacial score (nSPS) is 16.0. The summed E-state index contributed by atoms with van der Waals surface area (Å²) in [5.41, 5.74) is 0.621. The van der Waals surface area contributed by atoms with Crippen LogP contribution in [0.5, 0.6) is 0 Å². The maximum Gasteiger partial charge on any atom is 0 e. The van der Waals surface area contributed by atoms with Crippen LogP contribution in [0.3, 0.4) is 0 Å². The van der Waals surface area contributed by atoms with E-state index in [1.165, 1.54) is 76.0 Å². The van der Waals surface area contributed by atoms with Crippen molar-refractivity contribution in [1.29, 1.82) is 0 Å². The van der Waals surface area contributed by atoms with Gasteiger partial charge in [-0.25, -0.2) is 0 Å². The van der Waals surface area contributed by atoms with Crippen LogP contribution in [0.15, 0.2) is 14.8 Å². The zero-order chi connectivity index (χ0) is 15.3. The molecule has 0 aromatic carbocycles. The summed E-state index contributed by atoms with van der Waals surface area (Å²) in [6.07, 6.45) is 13.7. The van der Waals surface area contributed by atoms with E-state index in [1.54, 1.807) is 38.2 Å². The summed E-state index contributed by atoms with van der Waals surface area (Å²) >= 11 is 4.82. The van der Waals surface area contributed by atoms with Crippen LogP contribution < -0.4 is 0 Å². The second-order valence-electron chi connectivity index (χ2n) is 5.30. The molecule has 0 aliphatic carbocycles. The minimum absolute atomic E-state index is 0. The van der Waals surface area contributed by atoms with Crippen molar-refractivity contribution in [3.05, 3.63) is 9.82 Å². The number of hydrogen-bond donors (Lipinski definition) is 0. The molecule has 1 aliphatic rings. The minimum atomic E-state index is 0. The first-order chi connectivity index (χ1) is 10.3. The molecule has 0 amide bonds. The number of hydrogen-bond acceptors (Lipinski definition) is 4. The third-order valence-corrected chi connectivity index (χ3v) is 6.17. The van der Waals surface area contributed by atoms with Gasteiger partial charge in [0, 0.05) is 22.4 Å². The molecule has 0 aromatic rings. The molecule has 0 spiro atoms.